The first-order chi connectivity index (χ1) is 11.7. The molecule has 3 heterocycles. The zero-order valence-electron chi connectivity index (χ0n) is 13.8. The summed E-state index contributed by atoms with van der Waals surface area (Å²) in [6, 6.07) is 4.57. The minimum absolute atomic E-state index is 0. The van der Waals surface area contributed by atoms with E-state index in [0.29, 0.717) is 23.4 Å². The van der Waals surface area contributed by atoms with Crippen molar-refractivity contribution in [1.29, 1.82) is 0 Å². The number of hydrogen-bond donors (Lipinski definition) is 2. The number of likely N-dealkylation sites (N-methyl/N-ethyl adjacent to an activating group) is 1. The van der Waals surface area contributed by atoms with Crippen LogP contribution in [0.15, 0.2) is 39.0 Å². The van der Waals surface area contributed by atoms with Crippen LogP contribution in [0.5, 0.6) is 0 Å². The lowest BCUT2D eigenvalue weighted by atomic mass is 10.1. The fourth-order valence-corrected chi connectivity index (χ4v) is 6.99. The van der Waals surface area contributed by atoms with Gasteiger partial charge < -0.3 is 5.32 Å². The fourth-order valence-electron chi connectivity index (χ4n) is 2.73. The summed E-state index contributed by atoms with van der Waals surface area (Å²) in [5.74, 6) is 0. The highest BCUT2D eigenvalue weighted by atomic mass is 35.5. The molecule has 1 aliphatic rings. The van der Waals surface area contributed by atoms with Gasteiger partial charge in [-0.3, -0.25) is 4.98 Å². The Morgan fingerprint density at radius 1 is 1.38 bits per heavy atom. The number of fused-ring (bicyclic) bond motifs is 1. The number of rotatable bonds is 5. The van der Waals surface area contributed by atoms with Crippen molar-refractivity contribution in [3.8, 4) is 0 Å². The maximum absolute atomic E-state index is 13.0. The topological polar surface area (TPSA) is 122 Å². The molecule has 0 amide bonds. The standard InChI is InChI=1S/C14H18N4O4S3.ClH/c1-2-17-12-9-18(8-10-3-5-16-6-4-10)25(21,22)14-11(12)7-13(23-14)24(15,19)20;/h3-7,12,17H,2,8-9H2,1H3,(H2,15,19,20);1H. The minimum Gasteiger partial charge on any atom is -0.309 e. The van der Waals surface area contributed by atoms with Gasteiger partial charge in [0.15, 0.2) is 0 Å². The van der Waals surface area contributed by atoms with E-state index in [4.69, 9.17) is 5.14 Å². The molecule has 0 bridgehead atoms. The van der Waals surface area contributed by atoms with E-state index in [0.717, 1.165) is 5.56 Å². The second kappa shape index (κ2) is 7.89. The molecule has 144 valence electrons. The molecule has 26 heavy (non-hydrogen) atoms. The van der Waals surface area contributed by atoms with Crippen LogP contribution in [-0.4, -0.2) is 39.2 Å². The second-order valence-corrected chi connectivity index (χ2v) is 10.6. The van der Waals surface area contributed by atoms with Gasteiger partial charge in [0.25, 0.3) is 10.0 Å². The second-order valence-electron chi connectivity index (χ2n) is 5.62. The summed E-state index contributed by atoms with van der Waals surface area (Å²) in [6.45, 7) is 2.93. The van der Waals surface area contributed by atoms with Gasteiger partial charge in [0.05, 0.1) is 0 Å². The van der Waals surface area contributed by atoms with E-state index in [2.05, 4.69) is 10.3 Å². The molecule has 0 radical (unpaired) electrons. The van der Waals surface area contributed by atoms with E-state index in [1.807, 2.05) is 6.92 Å². The molecule has 8 nitrogen and oxygen atoms in total. The molecule has 3 rings (SSSR count). The van der Waals surface area contributed by atoms with Crippen molar-refractivity contribution in [3.05, 3.63) is 41.7 Å². The quantitative estimate of drug-likeness (QED) is 0.719. The number of hydrogen-bond acceptors (Lipinski definition) is 7. The number of halogens is 1. The van der Waals surface area contributed by atoms with Crippen molar-refractivity contribution in [2.75, 3.05) is 13.1 Å². The zero-order chi connectivity index (χ0) is 18.2. The van der Waals surface area contributed by atoms with Crippen LogP contribution in [0.3, 0.4) is 0 Å². The first kappa shape index (κ1) is 21.2. The van der Waals surface area contributed by atoms with Crippen LogP contribution in [0.2, 0.25) is 0 Å². The highest BCUT2D eigenvalue weighted by Crippen LogP contribution is 2.40. The summed E-state index contributed by atoms with van der Waals surface area (Å²) in [4.78, 5) is 3.93. The molecule has 3 N–H and O–H groups in total. The van der Waals surface area contributed by atoms with Gasteiger partial charge in [0, 0.05) is 37.1 Å². The molecule has 0 spiro atoms. The van der Waals surface area contributed by atoms with E-state index in [1.165, 1.54) is 10.4 Å². The van der Waals surface area contributed by atoms with Crippen molar-refractivity contribution in [3.63, 3.8) is 0 Å². The Morgan fingerprint density at radius 2 is 2.04 bits per heavy atom. The summed E-state index contributed by atoms with van der Waals surface area (Å²) in [6.07, 6.45) is 3.20. The van der Waals surface area contributed by atoms with Crippen molar-refractivity contribution >= 4 is 43.8 Å². The largest absolute Gasteiger partial charge is 0.309 e. The van der Waals surface area contributed by atoms with Gasteiger partial charge in [-0.25, -0.2) is 22.0 Å². The number of thiophene rings is 1. The van der Waals surface area contributed by atoms with Crippen LogP contribution in [0.25, 0.3) is 0 Å². The Balaban J connectivity index is 0.00000243. The number of nitrogens with zero attached hydrogens (tertiary/aromatic N) is 2. The van der Waals surface area contributed by atoms with Crippen LogP contribution < -0.4 is 10.5 Å². The van der Waals surface area contributed by atoms with Crippen molar-refractivity contribution < 1.29 is 16.8 Å². The van der Waals surface area contributed by atoms with Gasteiger partial charge >= 0.3 is 0 Å². The maximum Gasteiger partial charge on any atom is 0.253 e. The third kappa shape index (κ3) is 4.09. The number of aromatic nitrogens is 1. The summed E-state index contributed by atoms with van der Waals surface area (Å²) in [5, 5.41) is 8.39. The molecule has 0 aliphatic carbocycles. The molecule has 1 aliphatic heterocycles. The van der Waals surface area contributed by atoms with E-state index in [-0.39, 0.29) is 40.0 Å². The number of nitrogens with one attached hydrogen (secondary N) is 1. The predicted molar refractivity (Wildman–Crippen MR) is 101 cm³/mol. The highest BCUT2D eigenvalue weighted by molar-refractivity contribution is 7.94. The summed E-state index contributed by atoms with van der Waals surface area (Å²) in [7, 11) is -7.76. The molecule has 1 atom stereocenters. The van der Waals surface area contributed by atoms with Crippen molar-refractivity contribution in [2.24, 2.45) is 5.14 Å². The zero-order valence-corrected chi connectivity index (χ0v) is 17.1. The van der Waals surface area contributed by atoms with E-state index in [1.54, 1.807) is 24.5 Å². The molecule has 0 saturated heterocycles. The van der Waals surface area contributed by atoms with Crippen LogP contribution >= 0.6 is 23.7 Å². The van der Waals surface area contributed by atoms with Gasteiger partial charge in [-0.05, 0) is 30.3 Å². The normalized spacial score (nSPS) is 19.5. The summed E-state index contributed by atoms with van der Waals surface area (Å²) >= 11 is 0.698. The van der Waals surface area contributed by atoms with Crippen molar-refractivity contribution in [1.82, 2.24) is 14.6 Å². The van der Waals surface area contributed by atoms with E-state index >= 15 is 0 Å². The minimum atomic E-state index is -3.96. The average Bonchev–Trinajstić information content (AvgIpc) is 3.00. The molecule has 0 saturated carbocycles. The number of primary sulfonamides is 1. The number of sulfonamides is 2. The maximum atomic E-state index is 13.0. The molecule has 2 aromatic rings. The van der Waals surface area contributed by atoms with Gasteiger partial charge in [0.1, 0.15) is 8.42 Å². The van der Waals surface area contributed by atoms with E-state index < -0.39 is 20.0 Å². The molecular weight excluding hydrogens is 420 g/mol. The van der Waals surface area contributed by atoms with Gasteiger partial charge in [-0.1, -0.05) is 6.92 Å². The van der Waals surface area contributed by atoms with Crippen molar-refractivity contribution in [2.45, 2.75) is 27.9 Å². The Labute approximate surface area is 162 Å². The summed E-state index contributed by atoms with van der Waals surface area (Å²) < 4.78 is 50.4. The fraction of sp³-hybridized carbons (Fsp3) is 0.357. The van der Waals surface area contributed by atoms with Crippen LogP contribution in [0.4, 0.5) is 0 Å². The molecule has 1 unspecified atom stereocenters. The smallest absolute Gasteiger partial charge is 0.253 e. The lowest BCUT2D eigenvalue weighted by Crippen LogP contribution is -2.42. The third-order valence-corrected chi connectivity index (χ3v) is 8.79. The Kier molecular flexibility index (Phi) is 6.44. The SMILES string of the molecule is CCNC1CN(Cc2ccncc2)S(=O)(=O)c2sc(S(N)(=O)=O)cc21.Cl. The van der Waals surface area contributed by atoms with Gasteiger partial charge in [0.2, 0.25) is 10.0 Å². The lowest BCUT2D eigenvalue weighted by Gasteiger charge is -2.32. The molecular formula is C14H19ClN4O4S3. The lowest BCUT2D eigenvalue weighted by molar-refractivity contribution is 0.339. The molecule has 2 aromatic heterocycles. The van der Waals surface area contributed by atoms with Gasteiger partial charge in [-0.2, -0.15) is 4.31 Å². The first-order valence-corrected chi connectivity index (χ1v) is 11.3. The molecule has 12 heteroatoms. The monoisotopic (exact) mass is 438 g/mol. The summed E-state index contributed by atoms with van der Waals surface area (Å²) in [5.41, 5.74) is 1.27. The molecule has 0 aromatic carbocycles. The van der Waals surface area contributed by atoms with Gasteiger partial charge in [-0.15, -0.1) is 23.7 Å². The van der Waals surface area contributed by atoms with E-state index in [9.17, 15) is 16.8 Å². The average molecular weight is 439 g/mol. The number of nitrogens with two attached hydrogens (primary N) is 1. The Hall–Kier alpha value is -1.08. The third-order valence-electron chi connectivity index (χ3n) is 3.88. The Bertz CT molecular complexity index is 977. The van der Waals surface area contributed by atoms with Crippen LogP contribution in [-0.2, 0) is 26.6 Å². The van der Waals surface area contributed by atoms with Crippen LogP contribution in [0.1, 0.15) is 24.1 Å². The Morgan fingerprint density at radius 3 is 2.62 bits per heavy atom. The predicted octanol–water partition coefficient (Wildman–Crippen LogP) is 1.07. The number of pyridine rings is 1. The highest BCUT2D eigenvalue weighted by Gasteiger charge is 2.39. The first-order valence-electron chi connectivity index (χ1n) is 7.52. The van der Waals surface area contributed by atoms with Crippen LogP contribution in [0, 0.1) is 0 Å². The molecule has 0 fully saturated rings.